The molecule has 1 unspecified atom stereocenters. The summed E-state index contributed by atoms with van der Waals surface area (Å²) < 4.78 is 43.0. The summed E-state index contributed by atoms with van der Waals surface area (Å²) in [6, 6.07) is 4.52. The SMILES string of the molecule is CN(C)CCOC(C)(O)c1cccc(C(F)(F)F)c1. The molecule has 0 saturated heterocycles. The predicted molar refractivity (Wildman–Crippen MR) is 65.5 cm³/mol. The molecule has 0 amide bonds. The van der Waals surface area contributed by atoms with E-state index in [0.717, 1.165) is 12.1 Å². The van der Waals surface area contributed by atoms with E-state index in [9.17, 15) is 18.3 Å². The summed E-state index contributed by atoms with van der Waals surface area (Å²) in [5.74, 6) is -1.74. The van der Waals surface area contributed by atoms with Gasteiger partial charge in [0.1, 0.15) is 0 Å². The predicted octanol–water partition coefficient (Wildman–Crippen LogP) is 2.45. The standard InChI is InChI=1S/C13H18F3NO2/c1-12(18,19-8-7-17(2)3)10-5-4-6-11(9-10)13(14,15)16/h4-6,9,18H,7-8H2,1-3H3. The zero-order valence-electron chi connectivity index (χ0n) is 11.2. The second-order valence-corrected chi connectivity index (χ2v) is 4.71. The second-order valence-electron chi connectivity index (χ2n) is 4.71. The zero-order chi connectivity index (χ0) is 14.7. The van der Waals surface area contributed by atoms with Crippen molar-refractivity contribution in [2.24, 2.45) is 0 Å². The van der Waals surface area contributed by atoms with Crippen molar-refractivity contribution in [1.82, 2.24) is 4.90 Å². The van der Waals surface area contributed by atoms with Gasteiger partial charge in [0, 0.05) is 12.1 Å². The molecule has 108 valence electrons. The van der Waals surface area contributed by atoms with Crippen molar-refractivity contribution in [2.75, 3.05) is 27.2 Å². The van der Waals surface area contributed by atoms with E-state index in [-0.39, 0.29) is 12.2 Å². The van der Waals surface area contributed by atoms with Gasteiger partial charge >= 0.3 is 6.18 Å². The molecule has 1 N–H and O–H groups in total. The van der Waals surface area contributed by atoms with Crippen LogP contribution in [-0.4, -0.2) is 37.3 Å². The van der Waals surface area contributed by atoms with Gasteiger partial charge in [-0.1, -0.05) is 12.1 Å². The molecule has 0 radical (unpaired) electrons. The van der Waals surface area contributed by atoms with Crippen LogP contribution >= 0.6 is 0 Å². The lowest BCUT2D eigenvalue weighted by molar-refractivity contribution is -0.200. The average molecular weight is 277 g/mol. The Kier molecular flexibility index (Phi) is 4.95. The minimum atomic E-state index is -4.43. The van der Waals surface area contributed by atoms with Crippen LogP contribution in [-0.2, 0) is 16.7 Å². The quantitative estimate of drug-likeness (QED) is 0.839. The van der Waals surface area contributed by atoms with Crippen molar-refractivity contribution in [3.63, 3.8) is 0 Å². The van der Waals surface area contributed by atoms with E-state index < -0.39 is 17.5 Å². The Labute approximate surface area is 110 Å². The molecule has 0 fully saturated rings. The van der Waals surface area contributed by atoms with Gasteiger partial charge in [0.15, 0.2) is 5.79 Å². The summed E-state index contributed by atoms with van der Waals surface area (Å²) in [7, 11) is 3.67. The van der Waals surface area contributed by atoms with Crippen LogP contribution in [0.25, 0.3) is 0 Å². The van der Waals surface area contributed by atoms with E-state index in [0.29, 0.717) is 6.54 Å². The largest absolute Gasteiger partial charge is 0.416 e. The van der Waals surface area contributed by atoms with Crippen molar-refractivity contribution < 1.29 is 23.0 Å². The third-order valence-corrected chi connectivity index (χ3v) is 2.65. The summed E-state index contributed by atoms with van der Waals surface area (Å²) in [6.45, 7) is 2.11. The number of benzene rings is 1. The van der Waals surface area contributed by atoms with E-state index in [2.05, 4.69) is 0 Å². The van der Waals surface area contributed by atoms with Crippen LogP contribution in [0.4, 0.5) is 13.2 Å². The van der Waals surface area contributed by atoms with Crippen molar-refractivity contribution in [3.8, 4) is 0 Å². The van der Waals surface area contributed by atoms with Crippen LogP contribution in [0.2, 0.25) is 0 Å². The number of ether oxygens (including phenoxy) is 1. The highest BCUT2D eigenvalue weighted by molar-refractivity contribution is 5.28. The Bertz CT molecular complexity index is 417. The number of aliphatic hydroxyl groups is 1. The van der Waals surface area contributed by atoms with E-state index in [1.165, 1.54) is 19.1 Å². The maximum atomic E-state index is 12.6. The van der Waals surface area contributed by atoms with Crippen LogP contribution in [0, 0.1) is 0 Å². The van der Waals surface area contributed by atoms with Gasteiger partial charge < -0.3 is 14.7 Å². The minimum absolute atomic E-state index is 0.0843. The molecule has 0 heterocycles. The van der Waals surface area contributed by atoms with Gasteiger partial charge in [-0.05, 0) is 33.2 Å². The Morgan fingerprint density at radius 2 is 1.79 bits per heavy atom. The molecule has 0 aliphatic rings. The number of likely N-dealkylation sites (N-methyl/N-ethyl adjacent to an activating group) is 1. The fraction of sp³-hybridized carbons (Fsp3) is 0.538. The number of halogens is 3. The van der Waals surface area contributed by atoms with Crippen LogP contribution < -0.4 is 0 Å². The average Bonchev–Trinajstić information content (AvgIpc) is 2.27. The van der Waals surface area contributed by atoms with Crippen LogP contribution in [0.15, 0.2) is 24.3 Å². The number of hydrogen-bond donors (Lipinski definition) is 1. The van der Waals surface area contributed by atoms with Gasteiger partial charge in [0.05, 0.1) is 12.2 Å². The summed E-state index contributed by atoms with van der Waals surface area (Å²) >= 11 is 0. The van der Waals surface area contributed by atoms with Gasteiger partial charge in [0.25, 0.3) is 0 Å². The Morgan fingerprint density at radius 3 is 2.32 bits per heavy atom. The molecule has 0 aliphatic heterocycles. The number of rotatable bonds is 5. The second kappa shape index (κ2) is 5.90. The molecule has 0 aliphatic carbocycles. The van der Waals surface area contributed by atoms with Gasteiger partial charge in [-0.15, -0.1) is 0 Å². The maximum absolute atomic E-state index is 12.6. The minimum Gasteiger partial charge on any atom is -0.362 e. The lowest BCUT2D eigenvalue weighted by Gasteiger charge is -2.25. The van der Waals surface area contributed by atoms with Crippen molar-refractivity contribution in [1.29, 1.82) is 0 Å². The van der Waals surface area contributed by atoms with Gasteiger partial charge in [-0.25, -0.2) is 0 Å². The van der Waals surface area contributed by atoms with E-state index in [4.69, 9.17) is 4.74 Å². The highest BCUT2D eigenvalue weighted by Crippen LogP contribution is 2.32. The van der Waals surface area contributed by atoms with Crippen molar-refractivity contribution in [2.45, 2.75) is 18.9 Å². The summed E-state index contributed by atoms with van der Waals surface area (Å²) in [5.41, 5.74) is -0.720. The highest BCUT2D eigenvalue weighted by Gasteiger charge is 2.33. The Balaban J connectivity index is 2.83. The van der Waals surface area contributed by atoms with Gasteiger partial charge in [-0.2, -0.15) is 13.2 Å². The maximum Gasteiger partial charge on any atom is 0.416 e. The summed E-state index contributed by atoms with van der Waals surface area (Å²) in [4.78, 5) is 1.85. The van der Waals surface area contributed by atoms with Crippen LogP contribution in [0.1, 0.15) is 18.1 Å². The molecular weight excluding hydrogens is 259 g/mol. The highest BCUT2D eigenvalue weighted by atomic mass is 19.4. The molecule has 0 aromatic heterocycles. The lowest BCUT2D eigenvalue weighted by atomic mass is 10.0. The van der Waals surface area contributed by atoms with Gasteiger partial charge in [-0.3, -0.25) is 0 Å². The summed E-state index contributed by atoms with van der Waals surface area (Å²) in [5, 5.41) is 10.1. The van der Waals surface area contributed by atoms with Crippen LogP contribution in [0.3, 0.4) is 0 Å². The van der Waals surface area contributed by atoms with Crippen molar-refractivity contribution >= 4 is 0 Å². The summed E-state index contributed by atoms with van der Waals surface area (Å²) in [6.07, 6.45) is -4.43. The number of nitrogens with zero attached hydrogens (tertiary/aromatic N) is 1. The van der Waals surface area contributed by atoms with E-state index >= 15 is 0 Å². The first-order chi connectivity index (χ1) is 8.63. The molecular formula is C13H18F3NO2. The molecule has 1 aromatic rings. The molecule has 0 bridgehead atoms. The van der Waals surface area contributed by atoms with E-state index in [1.54, 1.807) is 0 Å². The monoisotopic (exact) mass is 277 g/mol. The fourth-order valence-corrected chi connectivity index (χ4v) is 1.49. The molecule has 1 aromatic carbocycles. The Morgan fingerprint density at radius 1 is 1.21 bits per heavy atom. The zero-order valence-corrected chi connectivity index (χ0v) is 11.2. The van der Waals surface area contributed by atoms with Crippen LogP contribution in [0.5, 0.6) is 0 Å². The molecule has 19 heavy (non-hydrogen) atoms. The first-order valence-electron chi connectivity index (χ1n) is 5.82. The topological polar surface area (TPSA) is 32.7 Å². The lowest BCUT2D eigenvalue weighted by Crippen LogP contribution is -2.29. The number of alkyl halides is 3. The smallest absolute Gasteiger partial charge is 0.362 e. The normalized spacial score (nSPS) is 15.6. The fourth-order valence-electron chi connectivity index (χ4n) is 1.49. The number of hydrogen-bond acceptors (Lipinski definition) is 3. The molecule has 0 spiro atoms. The molecule has 6 heteroatoms. The first kappa shape index (κ1) is 15.9. The first-order valence-corrected chi connectivity index (χ1v) is 5.82. The van der Waals surface area contributed by atoms with Gasteiger partial charge in [0.2, 0.25) is 0 Å². The Hall–Kier alpha value is -1.11. The third-order valence-electron chi connectivity index (χ3n) is 2.65. The molecule has 1 rings (SSSR count). The molecule has 0 saturated carbocycles. The molecule has 1 atom stereocenters. The van der Waals surface area contributed by atoms with E-state index in [1.807, 2.05) is 19.0 Å². The third kappa shape index (κ3) is 4.81. The van der Waals surface area contributed by atoms with Crippen molar-refractivity contribution in [3.05, 3.63) is 35.4 Å². The molecule has 3 nitrogen and oxygen atoms in total.